The molecule has 26 heavy (non-hydrogen) atoms. The van der Waals surface area contributed by atoms with Gasteiger partial charge in [-0.1, -0.05) is 13.0 Å². The predicted octanol–water partition coefficient (Wildman–Crippen LogP) is 2.62. The number of benzene rings is 1. The van der Waals surface area contributed by atoms with E-state index in [-0.39, 0.29) is 11.4 Å². The van der Waals surface area contributed by atoms with Gasteiger partial charge in [-0.2, -0.15) is 0 Å². The number of nitrogens with zero attached hydrogens (tertiary/aromatic N) is 3. The second-order valence-electron chi connectivity index (χ2n) is 7.56. The first-order valence-electron chi connectivity index (χ1n) is 9.48. The van der Waals surface area contributed by atoms with E-state index in [0.29, 0.717) is 12.1 Å². The van der Waals surface area contributed by atoms with Crippen molar-refractivity contribution in [3.05, 3.63) is 54.4 Å². The molecule has 0 unspecified atom stereocenters. The van der Waals surface area contributed by atoms with Gasteiger partial charge in [-0.05, 0) is 50.7 Å². The SMILES string of the molecule is CCN1CCN(C(C)(C)CNC(=O)c2cccc(-n3cccc3)c2)CC1. The molecule has 0 atom stereocenters. The highest BCUT2D eigenvalue weighted by Gasteiger charge is 2.30. The molecule has 140 valence electrons. The van der Waals surface area contributed by atoms with E-state index in [4.69, 9.17) is 0 Å². The third-order valence-corrected chi connectivity index (χ3v) is 5.37. The van der Waals surface area contributed by atoms with Crippen LogP contribution in [0.15, 0.2) is 48.8 Å². The summed E-state index contributed by atoms with van der Waals surface area (Å²) in [5, 5.41) is 3.13. The summed E-state index contributed by atoms with van der Waals surface area (Å²) in [5.41, 5.74) is 1.65. The van der Waals surface area contributed by atoms with Crippen LogP contribution >= 0.6 is 0 Å². The molecule has 0 bridgehead atoms. The summed E-state index contributed by atoms with van der Waals surface area (Å²) in [7, 11) is 0. The van der Waals surface area contributed by atoms with Gasteiger partial charge in [0.2, 0.25) is 0 Å². The van der Waals surface area contributed by atoms with Crippen molar-refractivity contribution in [3.8, 4) is 5.69 Å². The number of rotatable bonds is 6. The molecule has 3 rings (SSSR count). The fourth-order valence-corrected chi connectivity index (χ4v) is 3.49. The number of amides is 1. The normalized spacial score (nSPS) is 16.6. The summed E-state index contributed by atoms with van der Waals surface area (Å²) in [6, 6.07) is 11.7. The van der Waals surface area contributed by atoms with E-state index >= 15 is 0 Å². The Labute approximate surface area is 156 Å². The van der Waals surface area contributed by atoms with Crippen molar-refractivity contribution < 1.29 is 4.79 Å². The lowest BCUT2D eigenvalue weighted by atomic mass is 10.0. The Morgan fingerprint density at radius 2 is 1.77 bits per heavy atom. The molecule has 1 aliphatic rings. The topological polar surface area (TPSA) is 40.5 Å². The van der Waals surface area contributed by atoms with Crippen molar-refractivity contribution in [1.82, 2.24) is 19.7 Å². The summed E-state index contributed by atoms with van der Waals surface area (Å²) in [6.45, 7) is 12.7. The van der Waals surface area contributed by atoms with Crippen LogP contribution in [0.3, 0.4) is 0 Å². The summed E-state index contributed by atoms with van der Waals surface area (Å²) in [5.74, 6) is -0.0146. The Kier molecular flexibility index (Phi) is 5.79. The molecule has 1 saturated heterocycles. The fraction of sp³-hybridized carbons (Fsp3) is 0.476. The zero-order valence-corrected chi connectivity index (χ0v) is 16.1. The number of hydrogen-bond acceptors (Lipinski definition) is 3. The van der Waals surface area contributed by atoms with Crippen LogP contribution in [-0.2, 0) is 0 Å². The number of aromatic nitrogens is 1. The Morgan fingerprint density at radius 3 is 2.42 bits per heavy atom. The van der Waals surface area contributed by atoms with Crippen LogP contribution < -0.4 is 5.32 Å². The maximum Gasteiger partial charge on any atom is 0.251 e. The summed E-state index contributed by atoms with van der Waals surface area (Å²) >= 11 is 0. The van der Waals surface area contributed by atoms with Crippen LogP contribution in [0.2, 0.25) is 0 Å². The minimum Gasteiger partial charge on any atom is -0.350 e. The van der Waals surface area contributed by atoms with Crippen molar-refractivity contribution in [1.29, 1.82) is 0 Å². The molecule has 1 aromatic heterocycles. The van der Waals surface area contributed by atoms with Gasteiger partial charge >= 0.3 is 0 Å². The number of carbonyl (C=O) groups is 1. The molecule has 0 aliphatic carbocycles. The van der Waals surface area contributed by atoms with Gasteiger partial charge in [0.25, 0.3) is 5.91 Å². The van der Waals surface area contributed by atoms with Crippen LogP contribution in [0.4, 0.5) is 0 Å². The number of hydrogen-bond donors (Lipinski definition) is 1. The Balaban J connectivity index is 1.59. The van der Waals surface area contributed by atoms with E-state index in [0.717, 1.165) is 38.4 Å². The highest BCUT2D eigenvalue weighted by Crippen LogP contribution is 2.17. The van der Waals surface area contributed by atoms with E-state index < -0.39 is 0 Å². The summed E-state index contributed by atoms with van der Waals surface area (Å²) < 4.78 is 2.01. The molecule has 2 heterocycles. The van der Waals surface area contributed by atoms with Gasteiger partial charge in [-0.3, -0.25) is 9.69 Å². The molecule has 2 aromatic rings. The van der Waals surface area contributed by atoms with Gasteiger partial charge in [-0.25, -0.2) is 0 Å². The van der Waals surface area contributed by atoms with Gasteiger partial charge in [0.1, 0.15) is 0 Å². The zero-order chi connectivity index (χ0) is 18.6. The van der Waals surface area contributed by atoms with Gasteiger partial charge < -0.3 is 14.8 Å². The summed E-state index contributed by atoms with van der Waals surface area (Å²) in [6.07, 6.45) is 3.96. The highest BCUT2D eigenvalue weighted by atomic mass is 16.1. The quantitative estimate of drug-likeness (QED) is 0.867. The van der Waals surface area contributed by atoms with Crippen molar-refractivity contribution in [2.45, 2.75) is 26.3 Å². The highest BCUT2D eigenvalue weighted by molar-refractivity contribution is 5.94. The average molecular weight is 354 g/mol. The Morgan fingerprint density at radius 1 is 1.08 bits per heavy atom. The molecule has 0 spiro atoms. The summed E-state index contributed by atoms with van der Waals surface area (Å²) in [4.78, 5) is 17.6. The molecule has 5 heteroatoms. The molecular formula is C21H30N4O. The Bertz CT molecular complexity index is 715. The smallest absolute Gasteiger partial charge is 0.251 e. The largest absolute Gasteiger partial charge is 0.350 e. The number of piperazine rings is 1. The first-order chi connectivity index (χ1) is 12.5. The Hall–Kier alpha value is -2.11. The minimum atomic E-state index is -0.0481. The number of nitrogens with one attached hydrogen (secondary N) is 1. The maximum atomic E-state index is 12.6. The molecular weight excluding hydrogens is 324 g/mol. The maximum absolute atomic E-state index is 12.6. The van der Waals surface area contributed by atoms with Gasteiger partial charge in [0.05, 0.1) is 0 Å². The van der Waals surface area contributed by atoms with E-state index in [1.54, 1.807) is 0 Å². The molecule has 1 aromatic carbocycles. The van der Waals surface area contributed by atoms with Gasteiger partial charge in [0, 0.05) is 61.9 Å². The lowest BCUT2D eigenvalue weighted by Crippen LogP contribution is -2.58. The van der Waals surface area contributed by atoms with E-state index in [1.807, 2.05) is 53.4 Å². The zero-order valence-electron chi connectivity index (χ0n) is 16.1. The standard InChI is InChI=1S/C21H30N4O/c1-4-23-12-14-25(15-13-23)21(2,3)17-22-20(26)18-8-7-9-19(16-18)24-10-5-6-11-24/h5-11,16H,4,12-15,17H2,1-3H3,(H,22,26). The number of likely N-dealkylation sites (N-methyl/N-ethyl adjacent to an activating group) is 1. The number of carbonyl (C=O) groups excluding carboxylic acids is 1. The molecule has 0 radical (unpaired) electrons. The van der Waals surface area contributed by atoms with Crippen LogP contribution in [0, 0.1) is 0 Å². The van der Waals surface area contributed by atoms with Crippen molar-refractivity contribution in [2.24, 2.45) is 0 Å². The average Bonchev–Trinajstić information content (AvgIpc) is 3.21. The lowest BCUT2D eigenvalue weighted by molar-refractivity contribution is 0.0521. The van der Waals surface area contributed by atoms with E-state index in [2.05, 4.69) is 35.9 Å². The fourth-order valence-electron chi connectivity index (χ4n) is 3.49. The van der Waals surface area contributed by atoms with Crippen molar-refractivity contribution in [3.63, 3.8) is 0 Å². The molecule has 1 N–H and O–H groups in total. The van der Waals surface area contributed by atoms with Crippen LogP contribution in [0.25, 0.3) is 5.69 Å². The first kappa shape index (κ1) is 18.7. The third-order valence-electron chi connectivity index (χ3n) is 5.37. The van der Waals surface area contributed by atoms with Gasteiger partial charge in [0.15, 0.2) is 0 Å². The van der Waals surface area contributed by atoms with E-state index in [9.17, 15) is 4.79 Å². The lowest BCUT2D eigenvalue weighted by Gasteiger charge is -2.44. The predicted molar refractivity (Wildman–Crippen MR) is 106 cm³/mol. The molecule has 5 nitrogen and oxygen atoms in total. The van der Waals surface area contributed by atoms with Crippen LogP contribution in [0.1, 0.15) is 31.1 Å². The van der Waals surface area contributed by atoms with Crippen molar-refractivity contribution in [2.75, 3.05) is 39.3 Å². The van der Waals surface area contributed by atoms with Crippen molar-refractivity contribution >= 4 is 5.91 Å². The molecule has 1 amide bonds. The van der Waals surface area contributed by atoms with Crippen LogP contribution in [0.5, 0.6) is 0 Å². The molecule has 1 fully saturated rings. The van der Waals surface area contributed by atoms with E-state index in [1.165, 1.54) is 0 Å². The first-order valence-corrected chi connectivity index (χ1v) is 9.48. The second-order valence-corrected chi connectivity index (χ2v) is 7.56. The molecule has 1 aliphatic heterocycles. The van der Waals surface area contributed by atoms with Gasteiger partial charge in [-0.15, -0.1) is 0 Å². The molecule has 0 saturated carbocycles. The second kappa shape index (κ2) is 8.06. The van der Waals surface area contributed by atoms with Crippen LogP contribution in [-0.4, -0.2) is 65.1 Å². The minimum absolute atomic E-state index is 0.0146. The monoisotopic (exact) mass is 354 g/mol. The third kappa shape index (κ3) is 4.34.